The van der Waals surface area contributed by atoms with Gasteiger partial charge in [0.25, 0.3) is 0 Å². The molecule has 0 atom stereocenters. The Kier molecular flexibility index (Phi) is 3.19. The molecule has 0 aliphatic heterocycles. The van der Waals surface area contributed by atoms with E-state index in [1.807, 2.05) is 36.4 Å². The Morgan fingerprint density at radius 3 is 2.27 bits per heavy atom. The maximum absolute atomic E-state index is 8.77. The minimum atomic E-state index is -0.0908. The number of hydrogen-bond acceptors (Lipinski definition) is 1. The van der Waals surface area contributed by atoms with Gasteiger partial charge in [0.1, 0.15) is 0 Å². The molecule has 0 heterocycles. The summed E-state index contributed by atoms with van der Waals surface area (Å²) in [7, 11) is 0. The quantitative estimate of drug-likeness (QED) is 0.757. The van der Waals surface area contributed by atoms with Gasteiger partial charge in [-0.2, -0.15) is 0 Å². The fourth-order valence-electron chi connectivity index (χ4n) is 1.46. The van der Waals surface area contributed by atoms with Crippen molar-refractivity contribution in [2.24, 2.45) is 0 Å². The third-order valence-corrected chi connectivity index (χ3v) is 3.53. The number of rotatable bonds is 2. The van der Waals surface area contributed by atoms with Crippen molar-refractivity contribution >= 4 is 19.4 Å². The molecule has 0 saturated carbocycles. The zero-order chi connectivity index (χ0) is 10.5. The molecule has 0 unspecified atom stereocenters. The zero-order valence-electron chi connectivity index (χ0n) is 8.05. The molecule has 2 rings (SSSR count). The molecule has 15 heavy (non-hydrogen) atoms. The number of benzene rings is 2. The van der Waals surface area contributed by atoms with E-state index in [9.17, 15) is 0 Å². The van der Waals surface area contributed by atoms with Crippen LogP contribution < -0.4 is 4.46 Å². The summed E-state index contributed by atoms with van der Waals surface area (Å²) in [4.78, 5) is 2.26. The molecular formula is C13H9NSe. The molecule has 2 aromatic carbocycles. The summed E-state index contributed by atoms with van der Waals surface area (Å²) in [5.74, 6) is 0. The third kappa shape index (κ3) is 2.27. The van der Waals surface area contributed by atoms with Crippen LogP contribution in [0.2, 0.25) is 0 Å². The van der Waals surface area contributed by atoms with Crippen molar-refractivity contribution in [3.05, 3.63) is 54.6 Å². The normalized spacial score (nSPS) is 9.53. The molecule has 0 bridgehead atoms. The van der Waals surface area contributed by atoms with E-state index >= 15 is 0 Å². The molecule has 0 radical (unpaired) electrons. The van der Waals surface area contributed by atoms with Crippen molar-refractivity contribution in [1.82, 2.24) is 0 Å². The van der Waals surface area contributed by atoms with Gasteiger partial charge in [0.05, 0.1) is 0 Å². The van der Waals surface area contributed by atoms with Crippen molar-refractivity contribution in [2.75, 3.05) is 0 Å². The molecule has 0 fully saturated rings. The van der Waals surface area contributed by atoms with Crippen LogP contribution in [-0.2, 0) is 0 Å². The number of hydrogen-bond donors (Lipinski definition) is 0. The summed E-state index contributed by atoms with van der Waals surface area (Å²) in [6.07, 6.45) is 0. The molecule has 0 N–H and O–H groups in total. The van der Waals surface area contributed by atoms with Crippen LogP contribution in [0.5, 0.6) is 0 Å². The summed E-state index contributed by atoms with van der Waals surface area (Å²) < 4.78 is 1.15. The van der Waals surface area contributed by atoms with Crippen molar-refractivity contribution < 1.29 is 0 Å². The molecule has 0 aromatic heterocycles. The Morgan fingerprint density at radius 2 is 1.53 bits per heavy atom. The van der Waals surface area contributed by atoms with Crippen molar-refractivity contribution in [1.29, 1.82) is 5.26 Å². The summed E-state index contributed by atoms with van der Waals surface area (Å²) >= 11 is -0.0908. The molecule has 0 saturated heterocycles. The van der Waals surface area contributed by atoms with E-state index in [1.165, 1.54) is 11.1 Å². The number of nitrogens with zero attached hydrogens (tertiary/aromatic N) is 1. The predicted octanol–water partition coefficient (Wildman–Crippen LogP) is 2.16. The van der Waals surface area contributed by atoms with Crippen molar-refractivity contribution in [2.45, 2.75) is 0 Å². The van der Waals surface area contributed by atoms with Crippen LogP contribution in [-0.4, -0.2) is 15.0 Å². The van der Waals surface area contributed by atoms with Crippen LogP contribution >= 0.6 is 0 Å². The monoisotopic (exact) mass is 259 g/mol. The molecular weight excluding hydrogens is 249 g/mol. The molecule has 2 heteroatoms. The molecule has 1 nitrogen and oxygen atoms in total. The van der Waals surface area contributed by atoms with Crippen LogP contribution in [0.25, 0.3) is 11.1 Å². The summed E-state index contributed by atoms with van der Waals surface area (Å²) in [6.45, 7) is 0. The molecule has 2 aromatic rings. The third-order valence-electron chi connectivity index (χ3n) is 2.13. The molecule has 72 valence electrons. The van der Waals surface area contributed by atoms with E-state index in [-0.39, 0.29) is 15.0 Å². The standard InChI is InChI=1S/C13H9NSe/c14-10-15-13-9-5-4-8-12(13)11-6-2-1-3-7-11/h1-9H. The molecule has 0 aliphatic rings. The van der Waals surface area contributed by atoms with Crippen LogP contribution in [0.1, 0.15) is 0 Å². The Morgan fingerprint density at radius 1 is 0.867 bits per heavy atom. The summed E-state index contributed by atoms with van der Waals surface area (Å²) in [6, 6.07) is 18.3. The van der Waals surface area contributed by atoms with Crippen LogP contribution in [0.4, 0.5) is 0 Å². The second-order valence-corrected chi connectivity index (χ2v) is 4.79. The maximum atomic E-state index is 8.77. The molecule has 0 aliphatic carbocycles. The van der Waals surface area contributed by atoms with Crippen molar-refractivity contribution in [3.8, 4) is 16.1 Å². The SMILES string of the molecule is N#C[Se]c1ccccc1-c1ccccc1. The van der Waals surface area contributed by atoms with E-state index in [0.717, 1.165) is 4.46 Å². The average Bonchev–Trinajstić information content (AvgIpc) is 2.31. The second kappa shape index (κ2) is 4.79. The van der Waals surface area contributed by atoms with E-state index in [0.29, 0.717) is 0 Å². The van der Waals surface area contributed by atoms with Crippen LogP contribution in [0.3, 0.4) is 0 Å². The fraction of sp³-hybridized carbons (Fsp3) is 0. The Bertz CT molecular complexity index is 485. The molecule has 0 amide bonds. The topological polar surface area (TPSA) is 23.8 Å². The van der Waals surface area contributed by atoms with Crippen LogP contribution in [0.15, 0.2) is 54.6 Å². The first-order valence-electron chi connectivity index (χ1n) is 4.62. The van der Waals surface area contributed by atoms with E-state index in [2.05, 4.69) is 23.2 Å². The fourth-order valence-corrected chi connectivity index (χ4v) is 2.60. The second-order valence-electron chi connectivity index (χ2n) is 3.06. The Hall–Kier alpha value is -1.55. The van der Waals surface area contributed by atoms with Gasteiger partial charge in [0, 0.05) is 0 Å². The summed E-state index contributed by atoms with van der Waals surface area (Å²) in [5.41, 5.74) is 2.37. The van der Waals surface area contributed by atoms with Gasteiger partial charge < -0.3 is 0 Å². The van der Waals surface area contributed by atoms with Gasteiger partial charge in [-0.3, -0.25) is 0 Å². The Labute approximate surface area is 95.5 Å². The molecule has 0 spiro atoms. The van der Waals surface area contributed by atoms with E-state index < -0.39 is 0 Å². The number of nitriles is 1. The average molecular weight is 258 g/mol. The van der Waals surface area contributed by atoms with Gasteiger partial charge in [-0.25, -0.2) is 0 Å². The first-order valence-corrected chi connectivity index (χ1v) is 6.33. The van der Waals surface area contributed by atoms with E-state index in [1.54, 1.807) is 0 Å². The van der Waals surface area contributed by atoms with Gasteiger partial charge in [-0.1, -0.05) is 0 Å². The van der Waals surface area contributed by atoms with Crippen LogP contribution in [0, 0.1) is 10.2 Å². The van der Waals surface area contributed by atoms with Gasteiger partial charge >= 0.3 is 95.4 Å². The van der Waals surface area contributed by atoms with E-state index in [4.69, 9.17) is 5.26 Å². The first kappa shape index (κ1) is 9.98. The Balaban J connectivity index is 2.49. The summed E-state index contributed by atoms with van der Waals surface area (Å²) in [5, 5.41) is 8.77. The van der Waals surface area contributed by atoms with Gasteiger partial charge in [-0.05, 0) is 0 Å². The minimum absolute atomic E-state index is 0.0908. The first-order chi connectivity index (χ1) is 7.42. The van der Waals surface area contributed by atoms with Gasteiger partial charge in [0.15, 0.2) is 0 Å². The zero-order valence-corrected chi connectivity index (χ0v) is 9.76. The van der Waals surface area contributed by atoms with Crippen molar-refractivity contribution in [3.63, 3.8) is 0 Å². The predicted molar refractivity (Wildman–Crippen MR) is 62.9 cm³/mol. The van der Waals surface area contributed by atoms with Gasteiger partial charge in [0.2, 0.25) is 0 Å². The van der Waals surface area contributed by atoms with Gasteiger partial charge in [-0.15, -0.1) is 0 Å².